The van der Waals surface area contributed by atoms with Crippen molar-refractivity contribution < 1.29 is 0 Å². The van der Waals surface area contributed by atoms with E-state index in [-0.39, 0.29) is 0 Å². The molecule has 4 aliphatic rings. The van der Waals surface area contributed by atoms with Crippen molar-refractivity contribution in [2.45, 2.75) is 44.4 Å². The minimum Gasteiger partial charge on any atom is -0.337 e. The minimum atomic E-state index is 0.760. The van der Waals surface area contributed by atoms with E-state index in [2.05, 4.69) is 23.1 Å². The van der Waals surface area contributed by atoms with Crippen molar-refractivity contribution in [3.8, 4) is 0 Å². The van der Waals surface area contributed by atoms with Gasteiger partial charge in [0.2, 0.25) is 0 Å². The van der Waals surface area contributed by atoms with Crippen LogP contribution in [-0.4, -0.2) is 23.1 Å². The van der Waals surface area contributed by atoms with Gasteiger partial charge in [0.15, 0.2) is 0 Å². The summed E-state index contributed by atoms with van der Waals surface area (Å²) in [7, 11) is 4.22. The number of aryl methyl sites for hydroxylation is 1. The molecule has 20 heavy (non-hydrogen) atoms. The van der Waals surface area contributed by atoms with Crippen LogP contribution in [0.3, 0.4) is 0 Å². The predicted octanol–water partition coefficient (Wildman–Crippen LogP) is 2.72. The highest BCUT2D eigenvalue weighted by Gasteiger charge is 2.49. The van der Waals surface area contributed by atoms with Gasteiger partial charge in [0, 0.05) is 32.1 Å². The Morgan fingerprint density at radius 3 is 2.40 bits per heavy atom. The molecule has 1 N–H and O–H groups in total. The Hall–Kier alpha value is -0.830. The molecule has 1 aromatic heterocycles. The molecule has 110 valence electrons. The van der Waals surface area contributed by atoms with Gasteiger partial charge < -0.3 is 9.88 Å². The average Bonchev–Trinajstić information content (AvgIpc) is 2.76. The molecule has 3 nitrogen and oxygen atoms in total. The van der Waals surface area contributed by atoms with Gasteiger partial charge in [-0.2, -0.15) is 0 Å². The van der Waals surface area contributed by atoms with Crippen LogP contribution in [0.5, 0.6) is 0 Å². The van der Waals surface area contributed by atoms with E-state index in [0.717, 1.165) is 42.6 Å². The molecule has 4 saturated carbocycles. The van der Waals surface area contributed by atoms with Crippen LogP contribution < -0.4 is 5.32 Å². The molecular weight excluding hydrogens is 246 g/mol. The first-order valence-corrected chi connectivity index (χ1v) is 8.41. The summed E-state index contributed by atoms with van der Waals surface area (Å²) in [5, 5.41) is 3.23. The maximum Gasteiger partial charge on any atom is 0.112 e. The van der Waals surface area contributed by atoms with Crippen molar-refractivity contribution in [3.63, 3.8) is 0 Å². The maximum atomic E-state index is 5.02. The van der Waals surface area contributed by atoms with Crippen molar-refractivity contribution >= 4 is 0 Å². The smallest absolute Gasteiger partial charge is 0.112 e. The summed E-state index contributed by atoms with van der Waals surface area (Å²) in [6, 6.07) is 0. The molecule has 0 amide bonds. The summed E-state index contributed by atoms with van der Waals surface area (Å²) < 4.78 is 2.33. The zero-order valence-corrected chi connectivity index (χ0v) is 12.8. The molecule has 4 bridgehead atoms. The van der Waals surface area contributed by atoms with Crippen molar-refractivity contribution in [1.82, 2.24) is 14.9 Å². The Bertz CT molecular complexity index is 462. The third-order valence-electron chi connectivity index (χ3n) is 6.12. The second-order valence-electron chi connectivity index (χ2n) is 7.51. The van der Waals surface area contributed by atoms with E-state index in [4.69, 9.17) is 4.98 Å². The molecule has 5 rings (SSSR count). The van der Waals surface area contributed by atoms with Gasteiger partial charge in [-0.15, -0.1) is 0 Å². The summed E-state index contributed by atoms with van der Waals surface area (Å²) >= 11 is 0. The lowest BCUT2D eigenvalue weighted by atomic mass is 9.51. The quantitative estimate of drug-likeness (QED) is 0.914. The van der Waals surface area contributed by atoms with Gasteiger partial charge in [0.25, 0.3) is 0 Å². The largest absolute Gasteiger partial charge is 0.337 e. The van der Waals surface area contributed by atoms with Gasteiger partial charge >= 0.3 is 0 Å². The van der Waals surface area contributed by atoms with Gasteiger partial charge in [0.05, 0.1) is 5.69 Å². The highest BCUT2D eigenvalue weighted by atomic mass is 15.1. The molecule has 0 unspecified atom stereocenters. The molecule has 0 radical (unpaired) electrons. The van der Waals surface area contributed by atoms with E-state index < -0.39 is 0 Å². The highest BCUT2D eigenvalue weighted by molar-refractivity contribution is 5.15. The number of hydrogen-bond donors (Lipinski definition) is 1. The van der Waals surface area contributed by atoms with Crippen molar-refractivity contribution in [2.75, 3.05) is 13.6 Å². The van der Waals surface area contributed by atoms with E-state index in [1.54, 1.807) is 0 Å². The Kier molecular flexibility index (Phi) is 3.13. The fraction of sp³-hybridized carbons (Fsp3) is 0.824. The summed E-state index contributed by atoms with van der Waals surface area (Å²) in [5.41, 5.74) is 1.27. The Balaban J connectivity index is 1.59. The minimum absolute atomic E-state index is 0.760. The van der Waals surface area contributed by atoms with Crippen molar-refractivity contribution in [3.05, 3.63) is 17.7 Å². The second kappa shape index (κ2) is 4.87. The fourth-order valence-corrected chi connectivity index (χ4v) is 5.57. The van der Waals surface area contributed by atoms with E-state index >= 15 is 0 Å². The van der Waals surface area contributed by atoms with Crippen LogP contribution in [0.1, 0.15) is 49.5 Å². The molecule has 0 saturated heterocycles. The van der Waals surface area contributed by atoms with Crippen LogP contribution in [0.25, 0.3) is 0 Å². The van der Waals surface area contributed by atoms with E-state index in [0.29, 0.717) is 0 Å². The molecule has 0 aliphatic heterocycles. The first-order chi connectivity index (χ1) is 9.74. The topological polar surface area (TPSA) is 29.9 Å². The lowest BCUT2D eigenvalue weighted by molar-refractivity contribution is -0.00650. The normalized spacial score (nSPS) is 38.6. The highest BCUT2D eigenvalue weighted by Crippen LogP contribution is 2.59. The Morgan fingerprint density at radius 1 is 1.15 bits per heavy atom. The Labute approximate surface area is 122 Å². The molecule has 4 fully saturated rings. The number of likely N-dealkylation sites (N-methyl/N-ethyl adjacent to an activating group) is 1. The Morgan fingerprint density at radius 2 is 1.80 bits per heavy atom. The maximum absolute atomic E-state index is 5.02. The summed E-state index contributed by atoms with van der Waals surface area (Å²) in [6.07, 6.45) is 10.8. The van der Waals surface area contributed by atoms with Gasteiger partial charge in [-0.1, -0.05) is 0 Å². The van der Waals surface area contributed by atoms with E-state index in [1.165, 1.54) is 43.6 Å². The monoisotopic (exact) mass is 273 g/mol. The first kappa shape index (κ1) is 12.9. The standard InChI is InChI=1S/C17H27N3/c1-18-4-3-15-10-20(2)17(19-15)16-13-6-11-5-12(8-13)9-14(16)7-11/h10-14,16,18H,3-9H2,1-2H3. The fourth-order valence-electron chi connectivity index (χ4n) is 5.57. The summed E-state index contributed by atoms with van der Waals surface area (Å²) in [5.74, 6) is 6.13. The van der Waals surface area contributed by atoms with Crippen LogP contribution in [0.15, 0.2) is 6.20 Å². The molecule has 3 heteroatoms. The SMILES string of the molecule is CNCCc1cn(C)c(C2C3CC4CC(C3)CC2C4)n1. The lowest BCUT2D eigenvalue weighted by Crippen LogP contribution is -2.44. The molecule has 4 aliphatic carbocycles. The number of nitrogens with zero attached hydrogens (tertiary/aromatic N) is 2. The number of aromatic nitrogens is 2. The molecule has 0 aromatic carbocycles. The zero-order valence-electron chi connectivity index (χ0n) is 12.8. The van der Waals surface area contributed by atoms with Crippen LogP contribution in [0, 0.1) is 23.7 Å². The number of imidazole rings is 1. The second-order valence-corrected chi connectivity index (χ2v) is 7.51. The van der Waals surface area contributed by atoms with Gasteiger partial charge in [-0.25, -0.2) is 4.98 Å². The van der Waals surface area contributed by atoms with Gasteiger partial charge in [0.1, 0.15) is 5.82 Å². The predicted molar refractivity (Wildman–Crippen MR) is 80.6 cm³/mol. The van der Waals surface area contributed by atoms with Gasteiger partial charge in [-0.05, 0) is 62.8 Å². The third kappa shape index (κ3) is 2.02. The van der Waals surface area contributed by atoms with Crippen LogP contribution >= 0.6 is 0 Å². The number of hydrogen-bond acceptors (Lipinski definition) is 2. The average molecular weight is 273 g/mol. The number of rotatable bonds is 4. The van der Waals surface area contributed by atoms with Crippen molar-refractivity contribution in [2.24, 2.45) is 30.7 Å². The number of nitrogens with one attached hydrogen (secondary N) is 1. The third-order valence-corrected chi connectivity index (χ3v) is 6.12. The zero-order chi connectivity index (χ0) is 13.7. The van der Waals surface area contributed by atoms with Gasteiger partial charge in [-0.3, -0.25) is 0 Å². The lowest BCUT2D eigenvalue weighted by Gasteiger charge is -2.54. The van der Waals surface area contributed by atoms with Crippen LogP contribution in [-0.2, 0) is 13.5 Å². The molecule has 0 spiro atoms. The first-order valence-electron chi connectivity index (χ1n) is 8.41. The van der Waals surface area contributed by atoms with E-state index in [9.17, 15) is 0 Å². The molecular formula is C17H27N3. The van der Waals surface area contributed by atoms with Crippen LogP contribution in [0.4, 0.5) is 0 Å². The van der Waals surface area contributed by atoms with E-state index in [1.807, 2.05) is 7.05 Å². The summed E-state index contributed by atoms with van der Waals surface area (Å²) in [6.45, 7) is 1.03. The molecule has 1 aromatic rings. The van der Waals surface area contributed by atoms with Crippen molar-refractivity contribution in [1.29, 1.82) is 0 Å². The van der Waals surface area contributed by atoms with Crippen LogP contribution in [0.2, 0.25) is 0 Å². The summed E-state index contributed by atoms with van der Waals surface area (Å²) in [4.78, 5) is 5.02. The molecule has 1 heterocycles. The molecule has 0 atom stereocenters.